The summed E-state index contributed by atoms with van der Waals surface area (Å²) in [4.78, 5) is 62.2. The quantitative estimate of drug-likeness (QED) is 0.0813. The Morgan fingerprint density at radius 1 is 0.537 bits per heavy atom. The van der Waals surface area contributed by atoms with Gasteiger partial charge in [-0.05, 0) is 60.1 Å². The second kappa shape index (κ2) is 21.0. The lowest BCUT2D eigenvalue weighted by Gasteiger charge is -2.34. The zero-order chi connectivity index (χ0) is 38.9. The number of hydrogen-bond donors (Lipinski definition) is 7. The van der Waals surface area contributed by atoms with Crippen LogP contribution in [0.3, 0.4) is 0 Å². The van der Waals surface area contributed by atoms with Gasteiger partial charge in [-0.15, -0.1) is 0 Å². The third kappa shape index (κ3) is 13.3. The lowest BCUT2D eigenvalue weighted by atomic mass is 9.91. The van der Waals surface area contributed by atoms with Crippen molar-refractivity contribution in [3.8, 4) is 0 Å². The maximum Gasteiger partial charge on any atom is 0.315 e. The molecule has 4 rings (SSSR count). The summed E-state index contributed by atoms with van der Waals surface area (Å²) in [5, 5.41) is 29.2. The number of rotatable bonds is 18. The molecule has 6 amide bonds. The maximum atomic E-state index is 14.0. The van der Waals surface area contributed by atoms with Crippen molar-refractivity contribution in [2.75, 3.05) is 0 Å². The van der Waals surface area contributed by atoms with E-state index >= 15 is 0 Å². The summed E-state index contributed by atoms with van der Waals surface area (Å²) in [5.74, 6) is -1.59. The highest BCUT2D eigenvalue weighted by Crippen LogP contribution is 2.16. The molecule has 4 aromatic rings. The Labute approximate surface area is 317 Å². The van der Waals surface area contributed by atoms with Gasteiger partial charge < -0.3 is 37.0 Å². The molecule has 13 nitrogen and oxygen atoms in total. The molecule has 0 unspecified atom stereocenters. The first kappa shape index (κ1) is 40.9. The van der Waals surface area contributed by atoms with E-state index in [-0.39, 0.29) is 37.8 Å². The number of pyridine rings is 2. The molecule has 0 fully saturated rings. The minimum absolute atomic E-state index is 0.174. The van der Waals surface area contributed by atoms with Gasteiger partial charge in [-0.2, -0.15) is 0 Å². The number of carbonyl (C=O) groups excluding carboxylic acids is 4. The van der Waals surface area contributed by atoms with Gasteiger partial charge >= 0.3 is 12.1 Å². The molecule has 0 aliphatic carbocycles. The summed E-state index contributed by atoms with van der Waals surface area (Å²) in [6, 6.07) is 24.8. The molecule has 0 spiro atoms. The van der Waals surface area contributed by atoms with Crippen molar-refractivity contribution in [3.63, 3.8) is 0 Å². The normalized spacial score (nSPS) is 13.3. The summed E-state index contributed by atoms with van der Waals surface area (Å²) >= 11 is 0. The van der Waals surface area contributed by atoms with Gasteiger partial charge in [-0.3, -0.25) is 19.6 Å². The Morgan fingerprint density at radius 3 is 1.24 bits per heavy atom. The zero-order valence-electron chi connectivity index (χ0n) is 31.2. The first-order valence-electron chi connectivity index (χ1n) is 18.2. The van der Waals surface area contributed by atoms with Crippen LogP contribution in [0.25, 0.3) is 0 Å². The highest BCUT2D eigenvalue weighted by molar-refractivity contribution is 5.88. The van der Waals surface area contributed by atoms with Gasteiger partial charge in [0.15, 0.2) is 0 Å². The van der Waals surface area contributed by atoms with Crippen LogP contribution in [0.15, 0.2) is 109 Å². The first-order chi connectivity index (χ1) is 26.0. The number of aromatic nitrogens is 2. The highest BCUT2D eigenvalue weighted by Gasteiger charge is 2.35. The molecule has 2 heterocycles. The lowest BCUT2D eigenvalue weighted by molar-refractivity contribution is -0.126. The van der Waals surface area contributed by atoms with Crippen molar-refractivity contribution in [2.45, 2.75) is 83.9 Å². The van der Waals surface area contributed by atoms with Gasteiger partial charge in [0.2, 0.25) is 11.8 Å². The number of aliphatic hydroxyl groups is 1. The second-order valence-corrected chi connectivity index (χ2v) is 13.8. The van der Waals surface area contributed by atoms with Crippen molar-refractivity contribution in [1.82, 2.24) is 41.9 Å². The van der Waals surface area contributed by atoms with Crippen LogP contribution in [-0.4, -0.2) is 69.2 Å². The van der Waals surface area contributed by atoms with E-state index in [1.807, 2.05) is 100 Å². The lowest BCUT2D eigenvalue weighted by Crippen LogP contribution is -2.62. The van der Waals surface area contributed by atoms with Crippen LogP contribution in [0.5, 0.6) is 0 Å². The molecule has 2 aromatic heterocycles. The van der Waals surface area contributed by atoms with Crippen LogP contribution >= 0.6 is 0 Å². The van der Waals surface area contributed by atoms with Crippen molar-refractivity contribution in [2.24, 2.45) is 11.8 Å². The summed E-state index contributed by atoms with van der Waals surface area (Å²) < 4.78 is 0. The first-order valence-corrected chi connectivity index (χ1v) is 18.2. The minimum Gasteiger partial charge on any atom is -0.389 e. The SMILES string of the molecule is CC(C)[C@H](NC(=O)NCc1ccccn1)C(=O)N[C@@H](Cc1ccccc1)C(O)[C@H](Cc1ccccc1)NC(=O)[C@@H](NC(=O)NCc1ccccn1)C(C)C. The van der Waals surface area contributed by atoms with E-state index in [9.17, 15) is 24.3 Å². The number of carbonyl (C=O) groups is 4. The molecule has 0 aliphatic heterocycles. The standard InChI is InChI=1S/C41H52N8O5/c1-27(2)35(48-40(53)44-25-31-19-11-13-21-42-31)38(51)46-33(23-29-15-7-5-8-16-29)37(50)34(24-30-17-9-6-10-18-30)47-39(52)36(28(3)4)49-41(54)45-26-32-20-12-14-22-43-32/h5-22,27-28,33-37,50H,23-26H2,1-4H3,(H,46,51)(H,47,52)(H2,44,48,53)(H2,45,49,54)/t33-,34-,35-,36-/m0/s1. The maximum absolute atomic E-state index is 14.0. The van der Waals surface area contributed by atoms with Crippen LogP contribution in [0, 0.1) is 11.8 Å². The average molecular weight is 737 g/mol. The van der Waals surface area contributed by atoms with Crippen LogP contribution < -0.4 is 31.9 Å². The van der Waals surface area contributed by atoms with Gasteiger partial charge in [-0.1, -0.05) is 100 Å². The van der Waals surface area contributed by atoms with Crippen molar-refractivity contribution in [1.29, 1.82) is 0 Å². The smallest absolute Gasteiger partial charge is 0.315 e. The molecule has 0 bridgehead atoms. The highest BCUT2D eigenvalue weighted by atomic mass is 16.3. The fourth-order valence-corrected chi connectivity index (χ4v) is 5.88. The van der Waals surface area contributed by atoms with Gasteiger partial charge in [-0.25, -0.2) is 9.59 Å². The fraction of sp³-hybridized carbons (Fsp3) is 0.366. The summed E-state index contributed by atoms with van der Waals surface area (Å²) in [7, 11) is 0. The second-order valence-electron chi connectivity index (χ2n) is 13.8. The molecule has 0 aliphatic rings. The van der Waals surface area contributed by atoms with E-state index in [0.717, 1.165) is 11.1 Å². The number of nitrogens with one attached hydrogen (secondary N) is 6. The number of amides is 6. The number of aliphatic hydroxyl groups excluding tert-OH is 1. The Balaban J connectivity index is 1.54. The third-order valence-corrected chi connectivity index (χ3v) is 8.86. The molecule has 0 saturated heterocycles. The summed E-state index contributed by atoms with van der Waals surface area (Å²) in [6.07, 6.45) is 2.43. The van der Waals surface area contributed by atoms with Crippen LogP contribution in [0.2, 0.25) is 0 Å². The van der Waals surface area contributed by atoms with Gasteiger partial charge in [0, 0.05) is 12.4 Å². The Morgan fingerprint density at radius 2 is 0.907 bits per heavy atom. The predicted octanol–water partition coefficient (Wildman–Crippen LogP) is 3.64. The Hall–Kier alpha value is -5.82. The van der Waals surface area contributed by atoms with Gasteiger partial charge in [0.1, 0.15) is 12.1 Å². The fourth-order valence-electron chi connectivity index (χ4n) is 5.88. The van der Waals surface area contributed by atoms with Crippen LogP contribution in [-0.2, 0) is 35.5 Å². The molecule has 7 N–H and O–H groups in total. The van der Waals surface area contributed by atoms with Crippen LogP contribution in [0.4, 0.5) is 9.59 Å². The molecular weight excluding hydrogens is 685 g/mol. The van der Waals surface area contributed by atoms with Gasteiger partial charge in [0.25, 0.3) is 0 Å². The Kier molecular flexibility index (Phi) is 15.9. The van der Waals surface area contributed by atoms with E-state index in [2.05, 4.69) is 41.9 Å². The van der Waals surface area contributed by atoms with E-state index < -0.39 is 54.1 Å². The summed E-state index contributed by atoms with van der Waals surface area (Å²) in [6.45, 7) is 7.61. The third-order valence-electron chi connectivity index (χ3n) is 8.86. The van der Waals surface area contributed by atoms with Crippen molar-refractivity contribution in [3.05, 3.63) is 132 Å². The van der Waals surface area contributed by atoms with E-state index in [1.54, 1.807) is 36.7 Å². The largest absolute Gasteiger partial charge is 0.389 e. The molecule has 2 aromatic carbocycles. The minimum atomic E-state index is -1.30. The number of nitrogens with zero attached hydrogens (tertiary/aromatic N) is 2. The summed E-state index contributed by atoms with van der Waals surface area (Å²) in [5.41, 5.74) is 3.02. The number of benzene rings is 2. The molecule has 0 radical (unpaired) electrons. The Bertz CT molecular complexity index is 1620. The predicted molar refractivity (Wildman–Crippen MR) is 207 cm³/mol. The van der Waals surface area contributed by atoms with E-state index in [1.165, 1.54) is 0 Å². The molecular formula is C41H52N8O5. The molecule has 4 atom stereocenters. The molecule has 13 heteroatoms. The molecule has 0 saturated carbocycles. The van der Waals surface area contributed by atoms with E-state index in [4.69, 9.17) is 0 Å². The monoisotopic (exact) mass is 736 g/mol. The molecule has 54 heavy (non-hydrogen) atoms. The number of hydrogen-bond acceptors (Lipinski definition) is 7. The zero-order valence-corrected chi connectivity index (χ0v) is 31.2. The number of urea groups is 2. The average Bonchev–Trinajstić information content (AvgIpc) is 3.17. The van der Waals surface area contributed by atoms with Gasteiger partial charge in [0.05, 0.1) is 42.7 Å². The van der Waals surface area contributed by atoms with Crippen molar-refractivity contribution < 1.29 is 24.3 Å². The van der Waals surface area contributed by atoms with E-state index in [0.29, 0.717) is 11.4 Å². The van der Waals surface area contributed by atoms with Crippen molar-refractivity contribution >= 4 is 23.9 Å². The van der Waals surface area contributed by atoms with Crippen LogP contribution in [0.1, 0.15) is 50.2 Å². The topological polar surface area (TPSA) is 186 Å². The molecule has 286 valence electrons.